The standard InChI is InChI=1S/C32H36N4O3/c1-2-3-18-36(23-26-13-10-21-39-26)30-17-16-25(22-28(30)31(37)35-19-7-4-8-20-35)33-32(38)34-29-15-9-12-24-11-5-6-14-27(24)29/h5-6,9-17,21-22H,2-4,7-8,18-20,23H2,1H3,(H2,33,34,38). The zero-order chi connectivity index (χ0) is 27.0. The van der Waals surface area contributed by atoms with Crippen molar-refractivity contribution in [1.82, 2.24) is 4.90 Å². The smallest absolute Gasteiger partial charge is 0.323 e. The van der Waals surface area contributed by atoms with Crippen LogP contribution in [0.5, 0.6) is 0 Å². The zero-order valence-corrected chi connectivity index (χ0v) is 22.5. The zero-order valence-electron chi connectivity index (χ0n) is 22.5. The molecule has 1 fully saturated rings. The largest absolute Gasteiger partial charge is 0.467 e. The number of hydrogen-bond donors (Lipinski definition) is 2. The van der Waals surface area contributed by atoms with E-state index >= 15 is 0 Å². The number of hydrogen-bond acceptors (Lipinski definition) is 4. The van der Waals surface area contributed by atoms with Crippen LogP contribution in [0.15, 0.2) is 83.5 Å². The highest BCUT2D eigenvalue weighted by Gasteiger charge is 2.24. The number of unbranched alkanes of at least 4 members (excludes halogenated alkanes) is 1. The summed E-state index contributed by atoms with van der Waals surface area (Å²) in [6.45, 7) is 5.04. The second-order valence-corrected chi connectivity index (χ2v) is 10.0. The lowest BCUT2D eigenvalue weighted by atomic mass is 10.1. The van der Waals surface area contributed by atoms with Crippen LogP contribution in [0, 0.1) is 0 Å². The quantitative estimate of drug-likeness (QED) is 0.237. The van der Waals surface area contributed by atoms with Gasteiger partial charge >= 0.3 is 6.03 Å². The van der Waals surface area contributed by atoms with Crippen molar-refractivity contribution in [2.45, 2.75) is 45.6 Å². The SMILES string of the molecule is CCCCN(Cc1ccco1)c1ccc(NC(=O)Nc2cccc3ccccc23)cc1C(=O)N1CCCCC1. The predicted octanol–water partition coefficient (Wildman–Crippen LogP) is 7.51. The third kappa shape index (κ3) is 6.42. The number of amides is 3. The average Bonchev–Trinajstić information content (AvgIpc) is 3.49. The lowest BCUT2D eigenvalue weighted by molar-refractivity contribution is 0.0725. The Morgan fingerprint density at radius 3 is 2.54 bits per heavy atom. The number of carbonyl (C=O) groups excluding carboxylic acids is 2. The van der Waals surface area contributed by atoms with E-state index in [-0.39, 0.29) is 11.9 Å². The van der Waals surface area contributed by atoms with E-state index in [1.807, 2.05) is 77.7 Å². The Morgan fingerprint density at radius 2 is 1.74 bits per heavy atom. The monoisotopic (exact) mass is 524 g/mol. The van der Waals surface area contributed by atoms with E-state index in [4.69, 9.17) is 4.42 Å². The number of anilines is 3. The molecule has 0 saturated carbocycles. The predicted molar refractivity (Wildman–Crippen MR) is 157 cm³/mol. The van der Waals surface area contributed by atoms with Crippen LogP contribution >= 0.6 is 0 Å². The Balaban J connectivity index is 1.43. The van der Waals surface area contributed by atoms with Crippen LogP contribution in [0.25, 0.3) is 10.8 Å². The molecular weight excluding hydrogens is 488 g/mol. The second kappa shape index (κ2) is 12.5. The number of likely N-dealkylation sites (tertiary alicyclic amines) is 1. The summed E-state index contributed by atoms with van der Waals surface area (Å²) in [7, 11) is 0. The molecule has 1 aliphatic heterocycles. The molecule has 2 N–H and O–H groups in total. The fourth-order valence-electron chi connectivity index (χ4n) is 5.17. The lowest BCUT2D eigenvalue weighted by Gasteiger charge is -2.31. The van der Waals surface area contributed by atoms with Crippen molar-refractivity contribution >= 4 is 39.8 Å². The first-order valence-electron chi connectivity index (χ1n) is 13.9. The van der Waals surface area contributed by atoms with Crippen LogP contribution in [-0.4, -0.2) is 36.5 Å². The fourth-order valence-corrected chi connectivity index (χ4v) is 5.17. The Morgan fingerprint density at radius 1 is 0.923 bits per heavy atom. The van der Waals surface area contributed by atoms with Gasteiger partial charge < -0.3 is 24.9 Å². The van der Waals surface area contributed by atoms with Gasteiger partial charge in [-0.15, -0.1) is 0 Å². The normalized spacial score (nSPS) is 13.3. The van der Waals surface area contributed by atoms with Gasteiger partial charge in [0.15, 0.2) is 0 Å². The fraction of sp³-hybridized carbons (Fsp3) is 0.312. The first-order chi connectivity index (χ1) is 19.1. The van der Waals surface area contributed by atoms with E-state index in [0.29, 0.717) is 17.8 Å². The van der Waals surface area contributed by atoms with E-state index in [0.717, 1.165) is 79.6 Å². The summed E-state index contributed by atoms with van der Waals surface area (Å²) in [5, 5.41) is 7.94. The highest BCUT2D eigenvalue weighted by Crippen LogP contribution is 2.29. The molecule has 1 aromatic heterocycles. The van der Waals surface area contributed by atoms with Gasteiger partial charge in [-0.25, -0.2) is 4.79 Å². The number of furan rings is 1. The molecule has 0 unspecified atom stereocenters. The number of piperidine rings is 1. The minimum Gasteiger partial charge on any atom is -0.467 e. The van der Waals surface area contributed by atoms with E-state index in [9.17, 15) is 9.59 Å². The molecule has 202 valence electrons. The number of nitrogens with zero attached hydrogens (tertiary/aromatic N) is 2. The Hall–Kier alpha value is -4.26. The van der Waals surface area contributed by atoms with Gasteiger partial charge in [0.2, 0.25) is 0 Å². The van der Waals surface area contributed by atoms with Crippen LogP contribution in [0.1, 0.15) is 55.1 Å². The lowest BCUT2D eigenvalue weighted by Crippen LogP contribution is -2.37. The minimum absolute atomic E-state index is 0.00348. The van der Waals surface area contributed by atoms with Crippen molar-refractivity contribution in [3.63, 3.8) is 0 Å². The average molecular weight is 525 g/mol. The molecule has 1 saturated heterocycles. The molecule has 4 aromatic rings. The van der Waals surface area contributed by atoms with E-state index in [1.165, 1.54) is 0 Å². The molecule has 0 radical (unpaired) electrons. The third-order valence-electron chi connectivity index (χ3n) is 7.22. The highest BCUT2D eigenvalue weighted by atomic mass is 16.3. The van der Waals surface area contributed by atoms with Gasteiger partial charge in [0.1, 0.15) is 5.76 Å². The maximum Gasteiger partial charge on any atom is 0.323 e. The summed E-state index contributed by atoms with van der Waals surface area (Å²) in [6.07, 6.45) is 6.88. The van der Waals surface area contributed by atoms with Crippen LogP contribution in [0.2, 0.25) is 0 Å². The molecule has 3 amide bonds. The molecule has 0 aliphatic carbocycles. The van der Waals surface area contributed by atoms with E-state index < -0.39 is 0 Å². The summed E-state index contributed by atoms with van der Waals surface area (Å²) < 4.78 is 5.64. The van der Waals surface area contributed by atoms with Crippen molar-refractivity contribution < 1.29 is 14.0 Å². The van der Waals surface area contributed by atoms with Crippen LogP contribution in [0.3, 0.4) is 0 Å². The summed E-state index contributed by atoms with van der Waals surface area (Å²) in [5.74, 6) is 0.850. The highest BCUT2D eigenvalue weighted by molar-refractivity contribution is 6.07. The van der Waals surface area contributed by atoms with Crippen molar-refractivity contribution in [1.29, 1.82) is 0 Å². The van der Waals surface area contributed by atoms with Crippen LogP contribution in [-0.2, 0) is 6.54 Å². The van der Waals surface area contributed by atoms with Gasteiger partial charge in [0, 0.05) is 30.7 Å². The van der Waals surface area contributed by atoms with Crippen molar-refractivity contribution in [2.75, 3.05) is 35.2 Å². The second-order valence-electron chi connectivity index (χ2n) is 10.0. The third-order valence-corrected chi connectivity index (χ3v) is 7.22. The molecule has 0 spiro atoms. The molecule has 1 aliphatic rings. The van der Waals surface area contributed by atoms with E-state index in [2.05, 4.69) is 22.5 Å². The summed E-state index contributed by atoms with van der Waals surface area (Å²) in [5.41, 5.74) is 2.76. The molecule has 0 bridgehead atoms. The van der Waals surface area contributed by atoms with Gasteiger partial charge in [-0.2, -0.15) is 0 Å². The van der Waals surface area contributed by atoms with Crippen LogP contribution in [0.4, 0.5) is 21.9 Å². The summed E-state index contributed by atoms with van der Waals surface area (Å²) in [4.78, 5) is 31.0. The Kier molecular flexibility index (Phi) is 8.46. The van der Waals surface area contributed by atoms with Gasteiger partial charge in [-0.3, -0.25) is 4.79 Å². The molecule has 7 heteroatoms. The number of urea groups is 1. The van der Waals surface area contributed by atoms with Crippen molar-refractivity contribution in [2.24, 2.45) is 0 Å². The van der Waals surface area contributed by atoms with Crippen molar-refractivity contribution in [3.05, 3.63) is 90.4 Å². The number of rotatable bonds is 9. The van der Waals surface area contributed by atoms with Crippen LogP contribution < -0.4 is 15.5 Å². The first-order valence-corrected chi connectivity index (χ1v) is 13.9. The Bertz CT molecular complexity index is 1400. The van der Waals surface area contributed by atoms with Gasteiger partial charge in [0.25, 0.3) is 5.91 Å². The molecule has 5 rings (SSSR count). The molecule has 7 nitrogen and oxygen atoms in total. The maximum absolute atomic E-state index is 13.8. The van der Waals surface area contributed by atoms with Gasteiger partial charge in [-0.1, -0.05) is 49.7 Å². The summed E-state index contributed by atoms with van der Waals surface area (Å²) in [6, 6.07) is 22.9. The first kappa shape index (κ1) is 26.4. The number of nitrogens with one attached hydrogen (secondary N) is 2. The van der Waals surface area contributed by atoms with Gasteiger partial charge in [0.05, 0.1) is 29.7 Å². The molecule has 2 heterocycles. The van der Waals surface area contributed by atoms with E-state index in [1.54, 1.807) is 6.26 Å². The maximum atomic E-state index is 13.8. The molecule has 39 heavy (non-hydrogen) atoms. The topological polar surface area (TPSA) is 77.8 Å². The number of fused-ring (bicyclic) bond motifs is 1. The molecule has 3 aromatic carbocycles. The number of benzene rings is 3. The number of carbonyl (C=O) groups is 2. The summed E-state index contributed by atoms with van der Waals surface area (Å²) >= 11 is 0. The minimum atomic E-state index is -0.353. The Labute approximate surface area is 229 Å². The molecule has 0 atom stereocenters. The van der Waals surface area contributed by atoms with Crippen molar-refractivity contribution in [3.8, 4) is 0 Å². The molecular formula is C32H36N4O3. The van der Waals surface area contributed by atoms with Gasteiger partial charge in [-0.05, 0) is 67.5 Å².